The molecule has 1 aromatic rings. The van der Waals surface area contributed by atoms with Gasteiger partial charge in [0.1, 0.15) is 11.3 Å². The van der Waals surface area contributed by atoms with Crippen LogP contribution in [-0.4, -0.2) is 42.1 Å². The Morgan fingerprint density at radius 3 is 2.74 bits per heavy atom. The largest absolute Gasteiger partial charge is 0.507 e. The number of nitrogens with one attached hydrogen (secondary N) is 1. The summed E-state index contributed by atoms with van der Waals surface area (Å²) < 4.78 is 26.7. The van der Waals surface area contributed by atoms with Crippen molar-refractivity contribution >= 4 is 27.8 Å². The van der Waals surface area contributed by atoms with Crippen molar-refractivity contribution in [1.82, 2.24) is 4.72 Å². The molecular formula is C11H13NO5S2. The lowest BCUT2D eigenvalue weighted by atomic mass is 10.2. The van der Waals surface area contributed by atoms with E-state index < -0.39 is 27.3 Å². The van der Waals surface area contributed by atoms with Gasteiger partial charge in [0.15, 0.2) is 0 Å². The first-order valence-corrected chi connectivity index (χ1v) is 8.20. The van der Waals surface area contributed by atoms with Gasteiger partial charge >= 0.3 is 5.97 Å². The third-order valence-corrected chi connectivity index (χ3v) is 5.44. The molecule has 0 aliphatic carbocycles. The average molecular weight is 303 g/mol. The Morgan fingerprint density at radius 1 is 1.42 bits per heavy atom. The third-order valence-electron chi connectivity index (χ3n) is 2.76. The Kier molecular flexibility index (Phi) is 4.02. The minimum absolute atomic E-state index is 0.128. The third kappa shape index (κ3) is 3.20. The summed E-state index contributed by atoms with van der Waals surface area (Å²) in [6.45, 7) is 0. The fourth-order valence-corrected chi connectivity index (χ4v) is 4.32. The lowest BCUT2D eigenvalue weighted by Gasteiger charge is -2.12. The van der Waals surface area contributed by atoms with Crippen LogP contribution >= 0.6 is 11.8 Å². The number of aromatic carboxylic acids is 1. The molecule has 1 fully saturated rings. The van der Waals surface area contributed by atoms with E-state index in [4.69, 9.17) is 5.11 Å². The molecular weight excluding hydrogens is 290 g/mol. The van der Waals surface area contributed by atoms with Crippen LogP contribution in [0.4, 0.5) is 0 Å². The molecule has 0 bridgehead atoms. The Balaban J connectivity index is 2.29. The van der Waals surface area contributed by atoms with Gasteiger partial charge in [-0.3, -0.25) is 0 Å². The van der Waals surface area contributed by atoms with Gasteiger partial charge in [0.25, 0.3) is 0 Å². The van der Waals surface area contributed by atoms with Crippen LogP contribution in [0.15, 0.2) is 23.1 Å². The fourth-order valence-electron chi connectivity index (χ4n) is 1.77. The summed E-state index contributed by atoms with van der Waals surface area (Å²) in [7, 11) is -3.75. The van der Waals surface area contributed by atoms with Crippen LogP contribution < -0.4 is 4.72 Å². The standard InChI is InChI=1S/C11H13NO5S2/c13-10-2-1-8(5-9(10)11(14)15)19(16,17)12-7-3-4-18-6-7/h1-2,5,7,12-13H,3-4,6H2,(H,14,15). The summed E-state index contributed by atoms with van der Waals surface area (Å²) in [5.41, 5.74) is -0.427. The predicted molar refractivity (Wildman–Crippen MR) is 71.1 cm³/mol. The molecule has 8 heteroatoms. The number of phenols is 1. The molecule has 3 N–H and O–H groups in total. The van der Waals surface area contributed by atoms with E-state index in [0.29, 0.717) is 5.75 Å². The number of hydrogen-bond acceptors (Lipinski definition) is 5. The van der Waals surface area contributed by atoms with Crippen molar-refractivity contribution in [2.24, 2.45) is 0 Å². The maximum absolute atomic E-state index is 12.1. The summed E-state index contributed by atoms with van der Waals surface area (Å²) in [5.74, 6) is -0.208. The van der Waals surface area contributed by atoms with Crippen LogP contribution in [-0.2, 0) is 10.0 Å². The molecule has 1 aromatic carbocycles. The molecule has 19 heavy (non-hydrogen) atoms. The van der Waals surface area contributed by atoms with Gasteiger partial charge in [-0.1, -0.05) is 0 Å². The number of benzene rings is 1. The second-order valence-electron chi connectivity index (χ2n) is 4.17. The summed E-state index contributed by atoms with van der Waals surface area (Å²) in [4.78, 5) is 10.7. The van der Waals surface area contributed by atoms with Crippen molar-refractivity contribution in [1.29, 1.82) is 0 Å². The topological polar surface area (TPSA) is 104 Å². The lowest BCUT2D eigenvalue weighted by molar-refractivity contribution is 0.0693. The van der Waals surface area contributed by atoms with Crippen LogP contribution in [0.5, 0.6) is 5.75 Å². The van der Waals surface area contributed by atoms with Gasteiger partial charge < -0.3 is 10.2 Å². The zero-order chi connectivity index (χ0) is 14.0. The van der Waals surface area contributed by atoms with Gasteiger partial charge in [-0.2, -0.15) is 11.8 Å². The van der Waals surface area contributed by atoms with Gasteiger partial charge in [0.2, 0.25) is 10.0 Å². The SMILES string of the molecule is O=C(O)c1cc(S(=O)(=O)NC2CCSC2)ccc1O. The Labute approximate surface area is 114 Å². The zero-order valence-electron chi connectivity index (χ0n) is 9.87. The highest BCUT2D eigenvalue weighted by Crippen LogP contribution is 2.23. The zero-order valence-corrected chi connectivity index (χ0v) is 11.5. The molecule has 1 saturated heterocycles. The molecule has 104 valence electrons. The van der Waals surface area contributed by atoms with Crippen molar-refractivity contribution in [2.45, 2.75) is 17.4 Å². The highest BCUT2D eigenvalue weighted by Gasteiger charge is 2.24. The summed E-state index contributed by atoms with van der Waals surface area (Å²) in [5, 5.41) is 18.2. The van der Waals surface area contributed by atoms with E-state index in [1.807, 2.05) is 0 Å². The first-order valence-electron chi connectivity index (χ1n) is 5.56. The van der Waals surface area contributed by atoms with Gasteiger partial charge in [-0.15, -0.1) is 0 Å². The van der Waals surface area contributed by atoms with Crippen LogP contribution in [0.25, 0.3) is 0 Å². The van der Waals surface area contributed by atoms with Gasteiger partial charge in [0.05, 0.1) is 4.90 Å². The highest BCUT2D eigenvalue weighted by atomic mass is 32.2. The van der Waals surface area contributed by atoms with E-state index in [1.54, 1.807) is 11.8 Å². The molecule has 1 atom stereocenters. The smallest absolute Gasteiger partial charge is 0.339 e. The molecule has 0 radical (unpaired) electrons. The van der Waals surface area contributed by atoms with Crippen LogP contribution in [0.2, 0.25) is 0 Å². The number of thioether (sulfide) groups is 1. The van der Waals surface area contributed by atoms with E-state index in [0.717, 1.165) is 24.3 Å². The first kappa shape index (κ1) is 14.2. The summed E-state index contributed by atoms with van der Waals surface area (Å²) in [6, 6.07) is 3.09. The minimum atomic E-state index is -3.75. The van der Waals surface area contributed by atoms with E-state index in [2.05, 4.69) is 4.72 Å². The van der Waals surface area contributed by atoms with Gasteiger partial charge in [-0.05, 0) is 30.4 Å². The molecule has 0 aromatic heterocycles. The van der Waals surface area contributed by atoms with E-state index in [1.165, 1.54) is 6.07 Å². The molecule has 6 nitrogen and oxygen atoms in total. The highest BCUT2D eigenvalue weighted by molar-refractivity contribution is 7.99. The number of carbonyl (C=O) groups is 1. The number of rotatable bonds is 4. The maximum Gasteiger partial charge on any atom is 0.339 e. The minimum Gasteiger partial charge on any atom is -0.507 e. The molecule has 1 heterocycles. The van der Waals surface area contributed by atoms with Gasteiger partial charge in [-0.25, -0.2) is 17.9 Å². The van der Waals surface area contributed by atoms with E-state index in [9.17, 15) is 18.3 Å². The number of carboxylic acids is 1. The monoisotopic (exact) mass is 303 g/mol. The van der Waals surface area contributed by atoms with E-state index >= 15 is 0 Å². The molecule has 0 amide bonds. The Hall–Kier alpha value is -1.25. The number of hydrogen-bond donors (Lipinski definition) is 3. The quantitative estimate of drug-likeness (QED) is 0.762. The maximum atomic E-state index is 12.1. The van der Waals surface area contributed by atoms with Crippen LogP contribution in [0.3, 0.4) is 0 Å². The Bertz CT molecular complexity index is 593. The van der Waals surface area contributed by atoms with Crippen molar-refractivity contribution in [3.05, 3.63) is 23.8 Å². The lowest BCUT2D eigenvalue weighted by Crippen LogP contribution is -2.34. The predicted octanol–water partition coefficient (Wildman–Crippen LogP) is 0.874. The molecule has 0 spiro atoms. The Morgan fingerprint density at radius 2 is 2.16 bits per heavy atom. The van der Waals surface area contributed by atoms with Gasteiger partial charge in [0, 0.05) is 11.8 Å². The molecule has 0 saturated carbocycles. The number of aromatic hydroxyl groups is 1. The molecule has 2 rings (SSSR count). The normalized spacial score (nSPS) is 19.5. The number of sulfonamides is 1. The first-order chi connectivity index (χ1) is 8.90. The second-order valence-corrected chi connectivity index (χ2v) is 7.03. The fraction of sp³-hybridized carbons (Fsp3) is 0.364. The van der Waals surface area contributed by atoms with Crippen molar-refractivity contribution in [2.75, 3.05) is 11.5 Å². The van der Waals surface area contributed by atoms with Crippen molar-refractivity contribution in [3.8, 4) is 5.75 Å². The molecule has 1 aliphatic heterocycles. The summed E-state index contributed by atoms with van der Waals surface area (Å²) >= 11 is 1.67. The average Bonchev–Trinajstić information content (AvgIpc) is 2.80. The second kappa shape index (κ2) is 5.40. The molecule has 1 unspecified atom stereocenters. The van der Waals surface area contributed by atoms with Crippen LogP contribution in [0, 0.1) is 0 Å². The summed E-state index contributed by atoms with van der Waals surface area (Å²) in [6.07, 6.45) is 0.758. The molecule has 1 aliphatic rings. The van der Waals surface area contributed by atoms with Crippen molar-refractivity contribution in [3.63, 3.8) is 0 Å². The number of carboxylic acid groups (broad SMARTS) is 1. The van der Waals surface area contributed by atoms with Crippen LogP contribution in [0.1, 0.15) is 16.8 Å². The van der Waals surface area contributed by atoms with Crippen molar-refractivity contribution < 1.29 is 23.4 Å². The van der Waals surface area contributed by atoms with E-state index in [-0.39, 0.29) is 10.9 Å².